The molecule has 0 aliphatic carbocycles. The summed E-state index contributed by atoms with van der Waals surface area (Å²) < 4.78 is 8.88. The Bertz CT molecular complexity index is 62.4. The van der Waals surface area contributed by atoms with Crippen LogP contribution >= 0.6 is 7.82 Å². The Morgan fingerprint density at radius 2 is 0.562 bits per heavy atom. The number of rotatable bonds is 0. The van der Waals surface area contributed by atoms with E-state index in [1.54, 1.807) is 0 Å². The Hall–Kier alpha value is 0.710. The molecule has 114 valence electrons. The van der Waals surface area contributed by atoms with Crippen LogP contribution in [0.2, 0.25) is 0 Å². The van der Waals surface area contributed by atoms with Crippen LogP contribution in [-0.4, -0.2) is 69.4 Å². The number of phosphoric acid groups is 1. The van der Waals surface area contributed by atoms with Crippen molar-refractivity contribution >= 4 is 7.82 Å². The van der Waals surface area contributed by atoms with E-state index in [2.05, 4.69) is 0 Å². The van der Waals surface area contributed by atoms with E-state index in [1.165, 1.54) is 0 Å². The van der Waals surface area contributed by atoms with Crippen molar-refractivity contribution in [3.63, 3.8) is 0 Å². The third-order valence-electron chi connectivity index (χ3n) is 0. The molecule has 0 atom stereocenters. The predicted octanol–water partition coefficient (Wildman–Crippen LogP) is -12.1. The van der Waals surface area contributed by atoms with Gasteiger partial charge in [-0.05, 0) is 0 Å². The average molecular weight is 302 g/mol. The molecule has 0 rings (SSSR count). The van der Waals surface area contributed by atoms with E-state index in [9.17, 15) is 0 Å². The summed E-state index contributed by atoms with van der Waals surface area (Å²) in [5.41, 5.74) is 0. The molecule has 0 saturated carbocycles. The summed E-state index contributed by atoms with van der Waals surface area (Å²) in [7, 11) is -4.64. The van der Waals surface area contributed by atoms with E-state index in [0.29, 0.717) is 0 Å². The zero-order valence-electron chi connectivity index (χ0n) is 9.20. The van der Waals surface area contributed by atoms with Crippen molar-refractivity contribution in [2.24, 2.45) is 0 Å². The van der Waals surface area contributed by atoms with Gasteiger partial charge in [0.2, 0.25) is 0 Å². The minimum Gasteiger partial charge on any atom is -1.00 e. The summed E-state index contributed by atoms with van der Waals surface area (Å²) in [6.07, 6.45) is 0. The van der Waals surface area contributed by atoms with Gasteiger partial charge in [0.25, 0.3) is 0 Å². The van der Waals surface area contributed by atoms with Gasteiger partial charge < -0.3 is 70.9 Å². The summed E-state index contributed by atoms with van der Waals surface area (Å²) in [6, 6.07) is 0. The third-order valence-corrected chi connectivity index (χ3v) is 0. The molecule has 0 aromatic heterocycles. The van der Waals surface area contributed by atoms with E-state index < -0.39 is 7.82 Å². The van der Waals surface area contributed by atoms with Crippen molar-refractivity contribution in [2.75, 3.05) is 0 Å². The second-order valence-corrected chi connectivity index (χ2v) is 1.54. The molecule has 0 spiro atoms. The van der Waals surface area contributed by atoms with Gasteiger partial charge in [-0.2, -0.15) is 0 Å². The fourth-order valence-corrected chi connectivity index (χ4v) is 0. The summed E-state index contributed by atoms with van der Waals surface area (Å²) in [5.74, 6) is 0. The Labute approximate surface area is 113 Å². The van der Waals surface area contributed by atoms with Gasteiger partial charge in [0, 0.05) is 0 Å². The zero-order chi connectivity index (χ0) is 4.50. The fraction of sp³-hybridized carbons (Fsp3) is 0. The molecule has 16 heavy (non-hydrogen) atoms. The maximum Gasteiger partial charge on any atom is 1.00 e. The molecule has 23 N–H and O–H groups in total. The number of hydrogen-bond donors (Lipinski definition) is 3. The Morgan fingerprint density at radius 1 is 0.562 bits per heavy atom. The van der Waals surface area contributed by atoms with Gasteiger partial charge in [-0.3, -0.25) is 0 Å². The van der Waals surface area contributed by atoms with E-state index in [4.69, 9.17) is 19.2 Å². The van der Waals surface area contributed by atoms with Crippen molar-refractivity contribution in [2.45, 2.75) is 0 Å². The fourth-order valence-electron chi connectivity index (χ4n) is 0. The summed E-state index contributed by atoms with van der Waals surface area (Å²) in [4.78, 5) is 21.6. The first-order valence-corrected chi connectivity index (χ1v) is 2.35. The summed E-state index contributed by atoms with van der Waals surface area (Å²) in [6.45, 7) is 0. The van der Waals surface area contributed by atoms with Gasteiger partial charge in [0.15, 0.2) is 0 Å². The molecule has 16 heteroatoms. The molecule has 0 fully saturated rings. The van der Waals surface area contributed by atoms with E-state index in [0.717, 1.165) is 0 Å². The molecule has 0 aliphatic heterocycles. The maximum atomic E-state index is 8.88. The largest absolute Gasteiger partial charge is 1.00 e. The van der Waals surface area contributed by atoms with Crippen LogP contribution in [0.5, 0.6) is 0 Å². The molecule has 0 amide bonds. The Balaban J connectivity index is -0.00000000121. The maximum absolute atomic E-state index is 8.88. The topological polar surface area (TPSA) is 393 Å². The summed E-state index contributed by atoms with van der Waals surface area (Å²) in [5, 5.41) is 0. The first-order chi connectivity index (χ1) is 2.00. The van der Waals surface area contributed by atoms with Crippen LogP contribution in [0, 0.1) is 0 Å². The quantitative estimate of drug-likeness (QED) is 0.289. The normalized spacial score (nSPS) is 3.69. The monoisotopic (exact) mass is 302 g/mol. The molecule has 0 saturated heterocycles. The predicted molar refractivity (Wildman–Crippen MR) is 51.5 cm³/mol. The van der Waals surface area contributed by atoms with Crippen LogP contribution in [0.1, 0.15) is 1.43 Å². The van der Waals surface area contributed by atoms with Gasteiger partial charge in [0.05, 0.1) is 0 Å². The summed E-state index contributed by atoms with van der Waals surface area (Å²) >= 11 is 0. The minimum absolute atomic E-state index is 0. The molecule has 0 radical (unpaired) electrons. The Morgan fingerprint density at radius 3 is 0.562 bits per heavy atom. The Kier molecular flexibility index (Phi) is 877. The molecule has 0 aromatic carbocycles. The van der Waals surface area contributed by atoms with Crippen LogP contribution in [-0.2, 0) is 4.57 Å². The second kappa shape index (κ2) is 75.5. The van der Waals surface area contributed by atoms with Crippen LogP contribution < -0.4 is 29.6 Å². The van der Waals surface area contributed by atoms with Crippen LogP contribution in [0.4, 0.5) is 0 Å². The van der Waals surface area contributed by atoms with E-state index in [-0.39, 0.29) is 85.7 Å². The van der Waals surface area contributed by atoms with Crippen LogP contribution in [0.25, 0.3) is 0 Å². The van der Waals surface area contributed by atoms with Crippen LogP contribution in [0.15, 0.2) is 0 Å². The van der Waals surface area contributed by atoms with Gasteiger partial charge in [-0.25, -0.2) is 4.57 Å². The van der Waals surface area contributed by atoms with E-state index >= 15 is 0 Å². The van der Waals surface area contributed by atoms with Crippen LogP contribution in [0.3, 0.4) is 0 Å². The average Bonchev–Trinajstić information content (AvgIpc) is 0.722. The molecular weight excluding hydrogens is 278 g/mol. The van der Waals surface area contributed by atoms with Gasteiger partial charge in [-0.1, -0.05) is 0 Å². The number of hydrogen-bond acceptors (Lipinski definition) is 1. The van der Waals surface area contributed by atoms with Crippen molar-refractivity contribution in [3.05, 3.63) is 0 Å². The molecule has 0 bridgehead atoms. The molecule has 0 heterocycles. The first-order valence-electron chi connectivity index (χ1n) is 0.783. The van der Waals surface area contributed by atoms with Gasteiger partial charge in [-0.15, -0.1) is 0 Å². The standard InChI is InChI=1S/Na.H3O4P.10H2O.H/c;1-5(2,3)4;;;;;;;;;;;/h;(H3,1,2,3,4);10*1H2;/q+1;;;;;;;;;;;;-1. The van der Waals surface area contributed by atoms with Crippen molar-refractivity contribution in [1.29, 1.82) is 0 Å². The molecule has 0 aromatic rings. The third kappa shape index (κ3) is 5480. The van der Waals surface area contributed by atoms with Crippen molar-refractivity contribution in [3.8, 4) is 0 Å². The molecular formula is H24NaO14P. The second-order valence-electron chi connectivity index (χ2n) is 0.513. The molecule has 14 nitrogen and oxygen atoms in total. The first kappa shape index (κ1) is 186. The smallest absolute Gasteiger partial charge is 1.00 e. The zero-order valence-corrected chi connectivity index (χ0v) is 11.1. The van der Waals surface area contributed by atoms with Gasteiger partial charge in [0.1, 0.15) is 0 Å². The van der Waals surface area contributed by atoms with E-state index in [1.807, 2.05) is 0 Å². The molecule has 0 unspecified atom stereocenters. The molecule has 0 aliphatic rings. The van der Waals surface area contributed by atoms with Gasteiger partial charge >= 0.3 is 37.4 Å². The van der Waals surface area contributed by atoms with Crippen molar-refractivity contribution < 1.29 is 105 Å². The van der Waals surface area contributed by atoms with Crippen molar-refractivity contribution in [1.82, 2.24) is 0 Å². The SMILES string of the molecule is O.O.O.O.O.O.O.O.O.O.O=P(O)(O)O.[H-].[Na+]. The minimum atomic E-state index is -4.64.